The highest BCUT2D eigenvalue weighted by Gasteiger charge is 2.57. The summed E-state index contributed by atoms with van der Waals surface area (Å²) >= 11 is 0. The Morgan fingerprint density at radius 1 is 0.966 bits per heavy atom. The van der Waals surface area contributed by atoms with Crippen molar-refractivity contribution in [2.45, 2.75) is 52.4 Å². The number of carbonyl (C=O) groups is 3. The maximum absolute atomic E-state index is 13.2. The number of ether oxygens (including phenoxy) is 3. The van der Waals surface area contributed by atoms with Crippen LogP contribution < -0.4 is 14.2 Å². The molecule has 160 valence electrons. The number of unbranched alkanes of at least 4 members (excludes halogenated alkanes) is 2. The van der Waals surface area contributed by atoms with E-state index in [0.29, 0.717) is 36.5 Å². The number of nitrogens with zero attached hydrogens (tertiary/aromatic N) is 1. The normalized spacial score (nSPS) is 15.3. The van der Waals surface area contributed by atoms with Crippen LogP contribution in [0.15, 0.2) is 12.1 Å². The van der Waals surface area contributed by atoms with Gasteiger partial charge >= 0.3 is 5.97 Å². The molecular weight excluding hydrogens is 378 g/mol. The van der Waals surface area contributed by atoms with Gasteiger partial charge in [0.25, 0.3) is 11.8 Å². The van der Waals surface area contributed by atoms with Gasteiger partial charge in [-0.15, -0.1) is 0 Å². The molecule has 1 aromatic carbocycles. The van der Waals surface area contributed by atoms with Crippen LogP contribution in [-0.4, -0.2) is 44.2 Å². The van der Waals surface area contributed by atoms with E-state index in [1.165, 1.54) is 33.5 Å². The Labute approximate surface area is 171 Å². The van der Waals surface area contributed by atoms with Crippen molar-refractivity contribution in [3.8, 4) is 17.2 Å². The Bertz CT molecular complexity index is 741. The third-order valence-corrected chi connectivity index (χ3v) is 5.17. The van der Waals surface area contributed by atoms with Crippen LogP contribution in [0.4, 0.5) is 0 Å². The van der Waals surface area contributed by atoms with Gasteiger partial charge in [-0.3, -0.25) is 9.59 Å². The summed E-state index contributed by atoms with van der Waals surface area (Å²) in [6.07, 6.45) is 3.76. The van der Waals surface area contributed by atoms with Gasteiger partial charge in [-0.25, -0.2) is 4.79 Å². The number of imide groups is 1. The first-order valence-electron chi connectivity index (χ1n) is 9.81. The maximum Gasteiger partial charge on any atom is 0.348 e. The summed E-state index contributed by atoms with van der Waals surface area (Å²) in [4.78, 5) is 44.1. The van der Waals surface area contributed by atoms with E-state index >= 15 is 0 Å². The minimum Gasteiger partial charge on any atom is -0.493 e. The van der Waals surface area contributed by atoms with Crippen LogP contribution in [0, 0.1) is 5.41 Å². The highest BCUT2D eigenvalue weighted by atomic mass is 16.7. The molecule has 1 aliphatic rings. The SMILES string of the molecule is CCCCC1(CCCC)C(=O)ON(C(=O)c2cc(OC)c(OC)c(OC)c2)C1=O. The van der Waals surface area contributed by atoms with Crippen LogP contribution in [-0.2, 0) is 14.4 Å². The van der Waals surface area contributed by atoms with Gasteiger partial charge in [0, 0.05) is 0 Å². The average molecular weight is 407 g/mol. The molecule has 1 saturated heterocycles. The quantitative estimate of drug-likeness (QED) is 0.433. The molecule has 0 spiro atoms. The lowest BCUT2D eigenvalue weighted by Crippen LogP contribution is -2.39. The molecule has 8 heteroatoms. The second kappa shape index (κ2) is 9.62. The third-order valence-electron chi connectivity index (χ3n) is 5.17. The Morgan fingerprint density at radius 3 is 1.90 bits per heavy atom. The Hall–Kier alpha value is -2.77. The number of benzene rings is 1. The minimum absolute atomic E-state index is 0.0856. The Balaban J connectivity index is 2.41. The molecule has 0 unspecified atom stereocenters. The first-order valence-corrected chi connectivity index (χ1v) is 9.81. The van der Waals surface area contributed by atoms with Gasteiger partial charge < -0.3 is 19.0 Å². The fraction of sp³-hybridized carbons (Fsp3) is 0.571. The van der Waals surface area contributed by atoms with Gasteiger partial charge in [0.2, 0.25) is 5.75 Å². The van der Waals surface area contributed by atoms with Crippen LogP contribution in [0.25, 0.3) is 0 Å². The number of hydrogen-bond donors (Lipinski definition) is 0. The van der Waals surface area contributed by atoms with E-state index in [1.807, 2.05) is 13.8 Å². The molecule has 2 amide bonds. The lowest BCUT2D eigenvalue weighted by Gasteiger charge is -2.21. The molecule has 0 aliphatic carbocycles. The van der Waals surface area contributed by atoms with Crippen molar-refractivity contribution < 1.29 is 33.4 Å². The van der Waals surface area contributed by atoms with Crippen LogP contribution >= 0.6 is 0 Å². The van der Waals surface area contributed by atoms with Gasteiger partial charge in [0.05, 0.1) is 26.9 Å². The lowest BCUT2D eigenvalue weighted by atomic mass is 9.78. The number of hydrogen-bond acceptors (Lipinski definition) is 7. The highest BCUT2D eigenvalue weighted by Crippen LogP contribution is 2.42. The second-order valence-corrected chi connectivity index (χ2v) is 6.99. The predicted molar refractivity (Wildman–Crippen MR) is 105 cm³/mol. The number of carbonyl (C=O) groups excluding carboxylic acids is 3. The molecule has 1 fully saturated rings. The van der Waals surface area contributed by atoms with E-state index in [1.54, 1.807) is 0 Å². The monoisotopic (exact) mass is 407 g/mol. The van der Waals surface area contributed by atoms with E-state index in [0.717, 1.165) is 12.8 Å². The van der Waals surface area contributed by atoms with Crippen LogP contribution in [0.2, 0.25) is 0 Å². The molecule has 0 radical (unpaired) electrons. The zero-order valence-corrected chi connectivity index (χ0v) is 17.7. The first-order chi connectivity index (χ1) is 13.9. The number of methoxy groups -OCH3 is 3. The van der Waals surface area contributed by atoms with E-state index < -0.39 is 23.2 Å². The summed E-state index contributed by atoms with van der Waals surface area (Å²) in [6, 6.07) is 2.84. The van der Waals surface area contributed by atoms with Gasteiger partial charge in [0.1, 0.15) is 0 Å². The summed E-state index contributed by atoms with van der Waals surface area (Å²) in [5, 5.41) is 0.578. The van der Waals surface area contributed by atoms with Gasteiger partial charge in [-0.1, -0.05) is 44.6 Å². The maximum atomic E-state index is 13.2. The average Bonchev–Trinajstić information content (AvgIpc) is 2.99. The zero-order chi connectivity index (χ0) is 21.6. The predicted octanol–water partition coefficient (Wildman–Crippen LogP) is 3.52. The van der Waals surface area contributed by atoms with Crippen LogP contribution in [0.5, 0.6) is 17.2 Å². The molecule has 29 heavy (non-hydrogen) atoms. The largest absolute Gasteiger partial charge is 0.493 e. The molecule has 1 aromatic rings. The standard InChI is InChI=1S/C21H29NO7/c1-6-8-10-21(11-9-7-2)19(24)22(29-20(21)25)18(23)14-12-15(26-3)17(28-5)16(13-14)27-4/h12-13H,6-11H2,1-5H3. The minimum atomic E-state index is -1.30. The van der Waals surface area contributed by atoms with Gasteiger partial charge in [0.15, 0.2) is 16.9 Å². The van der Waals surface area contributed by atoms with E-state index in [4.69, 9.17) is 19.0 Å². The van der Waals surface area contributed by atoms with Crippen molar-refractivity contribution in [2.24, 2.45) is 5.41 Å². The fourth-order valence-corrected chi connectivity index (χ4v) is 3.45. The summed E-state index contributed by atoms with van der Waals surface area (Å²) in [5.41, 5.74) is -1.22. The Kier molecular flexibility index (Phi) is 7.47. The zero-order valence-electron chi connectivity index (χ0n) is 17.7. The summed E-state index contributed by atoms with van der Waals surface area (Å²) in [7, 11) is 4.30. The number of amides is 2. The number of rotatable bonds is 10. The molecule has 8 nitrogen and oxygen atoms in total. The molecule has 0 atom stereocenters. The van der Waals surface area contributed by atoms with Gasteiger partial charge in [-0.05, 0) is 25.0 Å². The van der Waals surface area contributed by atoms with E-state index in [9.17, 15) is 14.4 Å². The lowest BCUT2D eigenvalue weighted by molar-refractivity contribution is -0.168. The molecule has 1 heterocycles. The molecular formula is C21H29NO7. The summed E-state index contributed by atoms with van der Waals surface area (Å²) in [5.74, 6) is -1.19. The molecule has 1 aliphatic heterocycles. The molecule has 0 aromatic heterocycles. The van der Waals surface area contributed by atoms with Crippen molar-refractivity contribution in [3.63, 3.8) is 0 Å². The Morgan fingerprint density at radius 2 is 1.48 bits per heavy atom. The molecule has 2 rings (SSSR count). The van der Waals surface area contributed by atoms with Crippen molar-refractivity contribution in [3.05, 3.63) is 17.7 Å². The first kappa shape index (κ1) is 22.5. The van der Waals surface area contributed by atoms with Crippen molar-refractivity contribution in [2.75, 3.05) is 21.3 Å². The third kappa shape index (κ3) is 4.16. The highest BCUT2D eigenvalue weighted by molar-refractivity contribution is 6.15. The van der Waals surface area contributed by atoms with E-state index in [-0.39, 0.29) is 17.1 Å². The summed E-state index contributed by atoms with van der Waals surface area (Å²) in [6.45, 7) is 3.97. The van der Waals surface area contributed by atoms with Crippen molar-refractivity contribution >= 4 is 17.8 Å². The topological polar surface area (TPSA) is 91.4 Å². The van der Waals surface area contributed by atoms with Crippen molar-refractivity contribution in [1.29, 1.82) is 0 Å². The number of hydroxylamine groups is 2. The fourth-order valence-electron chi connectivity index (χ4n) is 3.45. The van der Waals surface area contributed by atoms with Crippen molar-refractivity contribution in [1.82, 2.24) is 5.06 Å². The van der Waals surface area contributed by atoms with Crippen LogP contribution in [0.1, 0.15) is 62.7 Å². The summed E-state index contributed by atoms with van der Waals surface area (Å²) < 4.78 is 15.8. The molecule has 0 bridgehead atoms. The van der Waals surface area contributed by atoms with E-state index in [2.05, 4.69) is 0 Å². The van der Waals surface area contributed by atoms with Gasteiger partial charge in [-0.2, -0.15) is 0 Å². The molecule has 0 saturated carbocycles. The second-order valence-electron chi connectivity index (χ2n) is 6.99. The van der Waals surface area contributed by atoms with Crippen LogP contribution in [0.3, 0.4) is 0 Å². The molecule has 0 N–H and O–H groups in total. The smallest absolute Gasteiger partial charge is 0.348 e.